The van der Waals surface area contributed by atoms with Crippen molar-refractivity contribution in [2.24, 2.45) is 0 Å². The second-order valence-corrected chi connectivity index (χ2v) is 11.0. The predicted octanol–water partition coefficient (Wildman–Crippen LogP) is 3.84. The van der Waals surface area contributed by atoms with Crippen molar-refractivity contribution in [1.29, 1.82) is 0 Å². The number of nitrogens with zero attached hydrogens (tertiary/aromatic N) is 1. The fourth-order valence-corrected chi connectivity index (χ4v) is 3.85. The van der Waals surface area contributed by atoms with Crippen LogP contribution in [0.5, 0.6) is 11.5 Å². The number of rotatable bonds is 13. The number of nitro groups is 1. The predicted molar refractivity (Wildman–Crippen MR) is 163 cm³/mol. The minimum Gasteiger partial charge on any atom is -0.489 e. The molecule has 0 aliphatic carbocycles. The van der Waals surface area contributed by atoms with Gasteiger partial charge in [-0.15, -0.1) is 0 Å². The van der Waals surface area contributed by atoms with E-state index >= 15 is 0 Å². The summed E-state index contributed by atoms with van der Waals surface area (Å²) in [4.78, 5) is 60.7. The largest absolute Gasteiger partial charge is 0.489 e. The van der Waals surface area contributed by atoms with Crippen molar-refractivity contribution < 1.29 is 38.3 Å². The van der Waals surface area contributed by atoms with Crippen LogP contribution in [0.2, 0.25) is 0 Å². The Balaban J connectivity index is 1.57. The molecule has 0 bridgehead atoms. The lowest BCUT2D eigenvalue weighted by molar-refractivity contribution is -0.384. The first-order chi connectivity index (χ1) is 21.3. The smallest absolute Gasteiger partial charge is 0.408 e. The summed E-state index contributed by atoms with van der Waals surface area (Å²) in [5.41, 5.74) is 0.750. The molecule has 0 spiro atoms. The Kier molecular flexibility index (Phi) is 12.0. The van der Waals surface area contributed by atoms with Crippen molar-refractivity contribution >= 4 is 29.6 Å². The van der Waals surface area contributed by atoms with Crippen LogP contribution < -0.4 is 25.4 Å². The van der Waals surface area contributed by atoms with Gasteiger partial charge < -0.3 is 30.2 Å². The Labute approximate surface area is 260 Å². The molecule has 0 saturated carbocycles. The lowest BCUT2D eigenvalue weighted by atomic mass is 10.0. The van der Waals surface area contributed by atoms with E-state index in [9.17, 15) is 29.3 Å². The highest BCUT2D eigenvalue weighted by Crippen LogP contribution is 2.18. The number of benzene rings is 3. The zero-order valence-corrected chi connectivity index (χ0v) is 25.4. The molecule has 3 aromatic carbocycles. The van der Waals surface area contributed by atoms with Gasteiger partial charge in [0.2, 0.25) is 11.8 Å². The van der Waals surface area contributed by atoms with Gasteiger partial charge in [-0.05, 0) is 63.1 Å². The van der Waals surface area contributed by atoms with Gasteiger partial charge in [-0.25, -0.2) is 9.59 Å². The Bertz CT molecular complexity index is 1470. The van der Waals surface area contributed by atoms with Crippen molar-refractivity contribution in [3.05, 3.63) is 100 Å². The summed E-state index contributed by atoms with van der Waals surface area (Å²) in [6, 6.07) is 19.4. The number of carbonyl (C=O) groups is 4. The maximum absolute atomic E-state index is 13.2. The molecule has 0 aliphatic rings. The number of amides is 3. The highest BCUT2D eigenvalue weighted by Gasteiger charge is 2.27. The summed E-state index contributed by atoms with van der Waals surface area (Å²) in [5, 5.41) is 18.2. The lowest BCUT2D eigenvalue weighted by Gasteiger charge is -2.24. The number of hydrogen-bond donors (Lipinski definition) is 3. The van der Waals surface area contributed by atoms with Crippen molar-refractivity contribution in [3.63, 3.8) is 0 Å². The van der Waals surface area contributed by atoms with Crippen LogP contribution in [0.4, 0.5) is 10.5 Å². The van der Waals surface area contributed by atoms with Gasteiger partial charge >= 0.3 is 12.1 Å². The number of alkyl carbamates (subject to hydrolysis) is 1. The fourth-order valence-electron chi connectivity index (χ4n) is 3.85. The fraction of sp³-hybridized carbons (Fsp3) is 0.312. The summed E-state index contributed by atoms with van der Waals surface area (Å²) in [5.74, 6) is -1.47. The molecule has 0 fully saturated rings. The molecule has 0 aliphatic heterocycles. The number of hydrogen-bond acceptors (Lipinski definition) is 9. The quantitative estimate of drug-likeness (QED) is 0.111. The van der Waals surface area contributed by atoms with E-state index in [-0.39, 0.29) is 17.9 Å². The molecule has 13 heteroatoms. The Morgan fingerprint density at radius 2 is 1.44 bits per heavy atom. The van der Waals surface area contributed by atoms with Gasteiger partial charge in [0.25, 0.3) is 5.69 Å². The third-order valence-corrected chi connectivity index (χ3v) is 6.06. The van der Waals surface area contributed by atoms with E-state index in [2.05, 4.69) is 16.0 Å². The van der Waals surface area contributed by atoms with Crippen molar-refractivity contribution in [2.45, 2.75) is 58.4 Å². The van der Waals surface area contributed by atoms with Gasteiger partial charge in [-0.3, -0.25) is 19.7 Å². The molecule has 3 amide bonds. The molecule has 0 unspecified atom stereocenters. The van der Waals surface area contributed by atoms with E-state index in [1.807, 2.05) is 30.3 Å². The van der Waals surface area contributed by atoms with Crippen LogP contribution in [0.1, 0.15) is 38.8 Å². The van der Waals surface area contributed by atoms with Crippen LogP contribution in [0.3, 0.4) is 0 Å². The van der Waals surface area contributed by atoms with Crippen molar-refractivity contribution in [3.8, 4) is 11.5 Å². The van der Waals surface area contributed by atoms with Crippen LogP contribution in [0, 0.1) is 10.1 Å². The third-order valence-electron chi connectivity index (χ3n) is 6.06. The molecule has 0 radical (unpaired) electrons. The van der Waals surface area contributed by atoms with Crippen LogP contribution >= 0.6 is 0 Å². The summed E-state index contributed by atoms with van der Waals surface area (Å²) < 4.78 is 16.2. The van der Waals surface area contributed by atoms with Crippen LogP contribution in [0.15, 0.2) is 78.9 Å². The summed E-state index contributed by atoms with van der Waals surface area (Å²) in [7, 11) is 0. The molecule has 3 N–H and O–H groups in total. The Morgan fingerprint density at radius 1 is 0.822 bits per heavy atom. The molecule has 3 rings (SSSR count). The van der Waals surface area contributed by atoms with E-state index in [0.717, 1.165) is 5.56 Å². The molecule has 2 atom stereocenters. The number of ether oxygens (including phenoxy) is 3. The topological polar surface area (TPSA) is 175 Å². The van der Waals surface area contributed by atoms with Crippen LogP contribution in [-0.4, -0.2) is 53.0 Å². The standard InChI is InChI=1S/C32H36N4O9/c1-21(29(38)33-19-28(37)44-26-16-12-24(13-17-26)36(41)42)34-30(39)27(35-31(40)45-32(2,3)4)18-22-10-14-25(15-11-22)43-20-23-8-6-5-7-9-23/h5-17,21,27H,18-20H2,1-4H3,(H,33,38)(H,34,39)(H,35,40)/t21-,27+/m1/s1. The summed E-state index contributed by atoms with van der Waals surface area (Å²) in [6.45, 7) is 6.35. The maximum atomic E-state index is 13.2. The summed E-state index contributed by atoms with van der Waals surface area (Å²) >= 11 is 0. The lowest BCUT2D eigenvalue weighted by Crippen LogP contribution is -2.54. The van der Waals surface area contributed by atoms with Crippen LogP contribution in [-0.2, 0) is 32.1 Å². The van der Waals surface area contributed by atoms with E-state index in [1.54, 1.807) is 45.0 Å². The zero-order valence-electron chi connectivity index (χ0n) is 25.4. The van der Waals surface area contributed by atoms with Crippen molar-refractivity contribution in [1.82, 2.24) is 16.0 Å². The Hall–Kier alpha value is -5.46. The molecule has 238 valence electrons. The first-order valence-electron chi connectivity index (χ1n) is 14.1. The highest BCUT2D eigenvalue weighted by atomic mass is 16.6. The van der Waals surface area contributed by atoms with E-state index in [0.29, 0.717) is 17.9 Å². The monoisotopic (exact) mass is 620 g/mol. The zero-order chi connectivity index (χ0) is 33.0. The third kappa shape index (κ3) is 12.0. The average Bonchev–Trinajstić information content (AvgIpc) is 2.99. The number of carbonyl (C=O) groups excluding carboxylic acids is 4. The second-order valence-electron chi connectivity index (χ2n) is 11.0. The van der Waals surface area contributed by atoms with Gasteiger partial charge in [-0.2, -0.15) is 0 Å². The molecule has 45 heavy (non-hydrogen) atoms. The van der Waals surface area contributed by atoms with E-state index in [1.165, 1.54) is 31.2 Å². The maximum Gasteiger partial charge on any atom is 0.408 e. The molecule has 0 aromatic heterocycles. The number of non-ortho nitro benzene ring substituents is 1. The number of nitrogens with one attached hydrogen (secondary N) is 3. The van der Waals surface area contributed by atoms with Crippen LogP contribution in [0.25, 0.3) is 0 Å². The number of nitro benzene ring substituents is 1. The van der Waals surface area contributed by atoms with Gasteiger partial charge in [0.15, 0.2) is 0 Å². The Morgan fingerprint density at radius 3 is 2.04 bits per heavy atom. The molecule has 0 heterocycles. The molecule has 3 aromatic rings. The highest BCUT2D eigenvalue weighted by molar-refractivity contribution is 5.92. The second kappa shape index (κ2) is 15.8. The normalized spacial score (nSPS) is 12.2. The van der Waals surface area contributed by atoms with Gasteiger partial charge in [0.1, 0.15) is 42.3 Å². The molecular weight excluding hydrogens is 584 g/mol. The molecule has 13 nitrogen and oxygen atoms in total. The van der Waals surface area contributed by atoms with E-state index < -0.39 is 53.0 Å². The van der Waals surface area contributed by atoms with Gasteiger partial charge in [-0.1, -0.05) is 42.5 Å². The van der Waals surface area contributed by atoms with Gasteiger partial charge in [0, 0.05) is 18.6 Å². The molecule has 0 saturated heterocycles. The first-order valence-corrected chi connectivity index (χ1v) is 14.1. The van der Waals surface area contributed by atoms with E-state index in [4.69, 9.17) is 14.2 Å². The number of esters is 1. The SMILES string of the molecule is C[C@@H](NC(=O)[C@H](Cc1ccc(OCc2ccccc2)cc1)NC(=O)OC(C)(C)C)C(=O)NCC(=O)Oc1ccc([N+](=O)[O-])cc1. The minimum absolute atomic E-state index is 0.0630. The first kappa shape index (κ1) is 34.0. The average molecular weight is 621 g/mol. The van der Waals surface area contributed by atoms with Crippen molar-refractivity contribution in [2.75, 3.05) is 6.54 Å². The molecular formula is C32H36N4O9. The van der Waals surface area contributed by atoms with Gasteiger partial charge in [0.05, 0.1) is 4.92 Å². The minimum atomic E-state index is -1.10. The summed E-state index contributed by atoms with van der Waals surface area (Å²) in [6.07, 6.45) is -0.725.